The minimum atomic E-state index is -4.35. The van der Waals surface area contributed by atoms with Gasteiger partial charge in [0, 0.05) is 19.1 Å². The van der Waals surface area contributed by atoms with E-state index < -0.39 is 18.4 Å². The minimum absolute atomic E-state index is 0.0189. The van der Waals surface area contributed by atoms with Crippen molar-refractivity contribution >= 4 is 6.09 Å². The van der Waals surface area contributed by atoms with Gasteiger partial charge in [-0.25, -0.2) is 9.69 Å². The summed E-state index contributed by atoms with van der Waals surface area (Å²) >= 11 is 0. The van der Waals surface area contributed by atoms with Crippen LogP contribution in [0.15, 0.2) is 30.3 Å². The summed E-state index contributed by atoms with van der Waals surface area (Å²) in [7, 11) is 0. The lowest BCUT2D eigenvalue weighted by Crippen LogP contribution is -2.47. The van der Waals surface area contributed by atoms with E-state index in [1.165, 1.54) is 0 Å². The van der Waals surface area contributed by atoms with Gasteiger partial charge in [-0.05, 0) is 18.4 Å². The summed E-state index contributed by atoms with van der Waals surface area (Å²) in [6.07, 6.45) is -4.16. The second-order valence-electron chi connectivity index (χ2n) is 4.90. The van der Waals surface area contributed by atoms with Gasteiger partial charge in [0.25, 0.3) is 0 Å². The molecule has 116 valence electrons. The Morgan fingerprint density at radius 1 is 1.33 bits per heavy atom. The SMILES string of the molecule is O=C(NCC1CCCN1C(F)(F)F)OCc1ccccc1. The number of likely N-dealkylation sites (tertiary alicyclic amines) is 1. The van der Waals surface area contributed by atoms with Gasteiger partial charge >= 0.3 is 12.4 Å². The normalized spacial score (nSPS) is 19.5. The van der Waals surface area contributed by atoms with Gasteiger partial charge < -0.3 is 10.1 Å². The molecule has 0 aromatic heterocycles. The zero-order valence-corrected chi connectivity index (χ0v) is 11.4. The predicted octanol–water partition coefficient (Wildman–Crippen LogP) is 2.90. The maximum Gasteiger partial charge on any atom is 0.460 e. The highest BCUT2D eigenvalue weighted by Crippen LogP contribution is 2.30. The monoisotopic (exact) mass is 302 g/mol. The molecule has 1 aromatic rings. The van der Waals surface area contributed by atoms with Crippen LogP contribution in [-0.2, 0) is 11.3 Å². The number of ether oxygens (including phenoxy) is 1. The lowest BCUT2D eigenvalue weighted by molar-refractivity contribution is -0.249. The van der Waals surface area contributed by atoms with Gasteiger partial charge in [-0.3, -0.25) is 0 Å². The number of hydrogen-bond donors (Lipinski definition) is 1. The zero-order chi connectivity index (χ0) is 15.3. The van der Waals surface area contributed by atoms with Crippen molar-refractivity contribution in [3.8, 4) is 0 Å². The van der Waals surface area contributed by atoms with Gasteiger partial charge in [0.2, 0.25) is 0 Å². The highest BCUT2D eigenvalue weighted by atomic mass is 19.4. The summed E-state index contributed by atoms with van der Waals surface area (Å²) in [5.41, 5.74) is 0.824. The largest absolute Gasteiger partial charge is 0.460 e. The van der Waals surface area contributed by atoms with E-state index in [1.54, 1.807) is 12.1 Å². The van der Waals surface area contributed by atoms with E-state index in [0.717, 1.165) is 5.56 Å². The summed E-state index contributed by atoms with van der Waals surface area (Å²) in [4.78, 5) is 12.0. The van der Waals surface area contributed by atoms with Crippen molar-refractivity contribution in [2.75, 3.05) is 13.1 Å². The molecule has 1 saturated heterocycles. The Morgan fingerprint density at radius 2 is 2.05 bits per heavy atom. The van der Waals surface area contributed by atoms with E-state index in [9.17, 15) is 18.0 Å². The van der Waals surface area contributed by atoms with Crippen molar-refractivity contribution in [1.29, 1.82) is 0 Å². The quantitative estimate of drug-likeness (QED) is 0.870. The number of nitrogens with one attached hydrogen (secondary N) is 1. The highest BCUT2D eigenvalue weighted by molar-refractivity contribution is 5.67. The topological polar surface area (TPSA) is 41.6 Å². The molecule has 1 fully saturated rings. The molecule has 4 nitrogen and oxygen atoms in total. The number of hydrogen-bond acceptors (Lipinski definition) is 3. The fraction of sp³-hybridized carbons (Fsp3) is 0.500. The van der Waals surface area contributed by atoms with Crippen LogP contribution in [0.1, 0.15) is 18.4 Å². The number of carbonyl (C=O) groups is 1. The molecule has 0 radical (unpaired) electrons. The van der Waals surface area contributed by atoms with Crippen LogP contribution in [0.2, 0.25) is 0 Å². The minimum Gasteiger partial charge on any atom is -0.445 e. The Labute approximate surface area is 120 Å². The Hall–Kier alpha value is -1.76. The Balaban J connectivity index is 1.74. The molecule has 1 atom stereocenters. The third-order valence-electron chi connectivity index (χ3n) is 3.40. The number of carbonyl (C=O) groups excluding carboxylic acids is 1. The summed E-state index contributed by atoms with van der Waals surface area (Å²) in [6.45, 7) is 0.0162. The number of rotatable bonds is 4. The molecule has 1 aromatic carbocycles. The number of amides is 1. The van der Waals surface area contributed by atoms with Crippen molar-refractivity contribution in [2.45, 2.75) is 31.8 Å². The van der Waals surface area contributed by atoms with Crippen LogP contribution in [0, 0.1) is 0 Å². The predicted molar refractivity (Wildman–Crippen MR) is 70.4 cm³/mol. The molecular weight excluding hydrogens is 285 g/mol. The van der Waals surface area contributed by atoms with Gasteiger partial charge in [-0.1, -0.05) is 30.3 Å². The second kappa shape index (κ2) is 6.80. The first-order chi connectivity index (χ1) is 9.97. The number of nitrogens with zero attached hydrogens (tertiary/aromatic N) is 1. The first-order valence-corrected chi connectivity index (χ1v) is 6.75. The molecule has 7 heteroatoms. The van der Waals surface area contributed by atoms with Crippen molar-refractivity contribution < 1.29 is 22.7 Å². The van der Waals surface area contributed by atoms with Crippen LogP contribution in [0.25, 0.3) is 0 Å². The van der Waals surface area contributed by atoms with Crippen LogP contribution in [0.3, 0.4) is 0 Å². The van der Waals surface area contributed by atoms with E-state index in [-0.39, 0.29) is 19.7 Å². The number of alkyl halides is 3. The van der Waals surface area contributed by atoms with Crippen molar-refractivity contribution in [3.05, 3.63) is 35.9 Å². The molecule has 2 rings (SSSR count). The molecular formula is C14H17F3N2O2. The van der Waals surface area contributed by atoms with Gasteiger partial charge in [0.15, 0.2) is 0 Å². The molecule has 1 aliphatic heterocycles. The lowest BCUT2D eigenvalue weighted by Gasteiger charge is -2.26. The van der Waals surface area contributed by atoms with Gasteiger partial charge in [0.05, 0.1) is 0 Å². The third kappa shape index (κ3) is 4.63. The average molecular weight is 302 g/mol. The first kappa shape index (κ1) is 15.6. The van der Waals surface area contributed by atoms with E-state index >= 15 is 0 Å². The maximum atomic E-state index is 12.7. The van der Waals surface area contributed by atoms with Gasteiger partial charge in [-0.15, -0.1) is 0 Å². The Kier molecular flexibility index (Phi) is 5.06. The van der Waals surface area contributed by atoms with Gasteiger partial charge in [0.1, 0.15) is 6.61 Å². The molecule has 0 spiro atoms. The zero-order valence-electron chi connectivity index (χ0n) is 11.4. The average Bonchev–Trinajstić information content (AvgIpc) is 2.92. The van der Waals surface area contributed by atoms with E-state index in [1.807, 2.05) is 18.2 Å². The number of benzene rings is 1. The Morgan fingerprint density at radius 3 is 2.71 bits per heavy atom. The molecule has 0 bridgehead atoms. The molecule has 1 heterocycles. The maximum absolute atomic E-state index is 12.7. The molecule has 1 amide bonds. The van der Waals surface area contributed by atoms with Gasteiger partial charge in [-0.2, -0.15) is 13.2 Å². The molecule has 1 unspecified atom stereocenters. The molecule has 0 aliphatic carbocycles. The van der Waals surface area contributed by atoms with Crippen LogP contribution in [-0.4, -0.2) is 36.4 Å². The highest BCUT2D eigenvalue weighted by Gasteiger charge is 2.44. The molecule has 1 aliphatic rings. The summed E-state index contributed by atoms with van der Waals surface area (Å²) in [5, 5.41) is 2.39. The van der Waals surface area contributed by atoms with E-state index in [0.29, 0.717) is 17.7 Å². The summed E-state index contributed by atoms with van der Waals surface area (Å²) in [5.74, 6) is 0. The number of halogens is 3. The fourth-order valence-electron chi connectivity index (χ4n) is 2.36. The fourth-order valence-corrected chi connectivity index (χ4v) is 2.36. The third-order valence-corrected chi connectivity index (χ3v) is 3.40. The second-order valence-corrected chi connectivity index (χ2v) is 4.90. The van der Waals surface area contributed by atoms with Crippen LogP contribution >= 0.6 is 0 Å². The molecule has 1 N–H and O–H groups in total. The van der Waals surface area contributed by atoms with E-state index in [4.69, 9.17) is 4.74 Å². The van der Waals surface area contributed by atoms with Crippen LogP contribution in [0.5, 0.6) is 0 Å². The van der Waals surface area contributed by atoms with Crippen molar-refractivity contribution in [1.82, 2.24) is 10.2 Å². The number of alkyl carbamates (subject to hydrolysis) is 1. The van der Waals surface area contributed by atoms with Crippen molar-refractivity contribution in [3.63, 3.8) is 0 Å². The van der Waals surface area contributed by atoms with Crippen molar-refractivity contribution in [2.24, 2.45) is 0 Å². The smallest absolute Gasteiger partial charge is 0.445 e. The van der Waals surface area contributed by atoms with Crippen LogP contribution < -0.4 is 5.32 Å². The molecule has 21 heavy (non-hydrogen) atoms. The Bertz CT molecular complexity index is 465. The molecule has 0 saturated carbocycles. The first-order valence-electron chi connectivity index (χ1n) is 6.75. The summed E-state index contributed by atoms with van der Waals surface area (Å²) < 4.78 is 43.0. The summed E-state index contributed by atoms with van der Waals surface area (Å²) in [6, 6.07) is 8.36. The lowest BCUT2D eigenvalue weighted by atomic mass is 10.2. The standard InChI is InChI=1S/C14H17F3N2O2/c15-14(16,17)19-8-4-7-12(19)9-18-13(20)21-10-11-5-2-1-3-6-11/h1-3,5-6,12H,4,7-10H2,(H,18,20). The van der Waals surface area contributed by atoms with Crippen LogP contribution in [0.4, 0.5) is 18.0 Å². The van der Waals surface area contributed by atoms with E-state index in [2.05, 4.69) is 5.32 Å².